The Kier molecular flexibility index (Phi) is 4.52. The van der Waals surface area contributed by atoms with Gasteiger partial charge in [-0.1, -0.05) is 15.9 Å². The van der Waals surface area contributed by atoms with Crippen molar-refractivity contribution >= 4 is 27.5 Å². The molecule has 0 aliphatic rings. The van der Waals surface area contributed by atoms with Gasteiger partial charge < -0.3 is 10.1 Å². The Bertz CT molecular complexity index is 707. The summed E-state index contributed by atoms with van der Waals surface area (Å²) in [7, 11) is 1.37. The van der Waals surface area contributed by atoms with E-state index >= 15 is 0 Å². The van der Waals surface area contributed by atoms with Crippen molar-refractivity contribution in [2.45, 2.75) is 0 Å². The summed E-state index contributed by atoms with van der Waals surface area (Å²) in [4.78, 5) is 12.1. The van der Waals surface area contributed by atoms with Crippen LogP contribution in [0.1, 0.15) is 10.4 Å². The van der Waals surface area contributed by atoms with E-state index in [1.165, 1.54) is 13.2 Å². The molecule has 0 saturated heterocycles. The smallest absolute Gasteiger partial charge is 0.259 e. The molecule has 0 aliphatic carbocycles. The summed E-state index contributed by atoms with van der Waals surface area (Å²) in [6.45, 7) is 0. The van der Waals surface area contributed by atoms with Gasteiger partial charge in [-0.05, 0) is 30.3 Å². The zero-order chi connectivity index (χ0) is 15.6. The molecule has 2 aromatic rings. The van der Waals surface area contributed by atoms with E-state index in [0.29, 0.717) is 4.47 Å². The highest BCUT2D eigenvalue weighted by molar-refractivity contribution is 9.10. The molecule has 0 heterocycles. The fourth-order valence-corrected chi connectivity index (χ4v) is 2.03. The number of hydrogen-bond acceptors (Lipinski definition) is 2. The molecule has 0 aromatic heterocycles. The zero-order valence-electron chi connectivity index (χ0n) is 10.7. The van der Waals surface area contributed by atoms with Crippen molar-refractivity contribution in [3.8, 4) is 5.75 Å². The van der Waals surface area contributed by atoms with Gasteiger partial charge in [-0.3, -0.25) is 4.79 Å². The van der Waals surface area contributed by atoms with Crippen molar-refractivity contribution in [2.75, 3.05) is 12.4 Å². The minimum Gasteiger partial charge on any atom is -0.496 e. The van der Waals surface area contributed by atoms with Crippen LogP contribution in [0.3, 0.4) is 0 Å². The minimum atomic E-state index is -1.64. The van der Waals surface area contributed by atoms with Gasteiger partial charge in [-0.15, -0.1) is 0 Å². The third-order valence-corrected chi connectivity index (χ3v) is 3.18. The molecule has 0 spiro atoms. The van der Waals surface area contributed by atoms with Gasteiger partial charge in [-0.25, -0.2) is 13.2 Å². The van der Waals surface area contributed by atoms with Gasteiger partial charge in [0.05, 0.1) is 18.4 Å². The Morgan fingerprint density at radius 2 is 1.86 bits per heavy atom. The number of carbonyl (C=O) groups excluding carboxylic acids is 1. The van der Waals surface area contributed by atoms with Crippen LogP contribution in [0.4, 0.5) is 18.9 Å². The van der Waals surface area contributed by atoms with Crippen molar-refractivity contribution in [1.82, 2.24) is 0 Å². The van der Waals surface area contributed by atoms with E-state index in [-0.39, 0.29) is 11.3 Å². The fourth-order valence-electron chi connectivity index (χ4n) is 1.67. The van der Waals surface area contributed by atoms with E-state index in [9.17, 15) is 18.0 Å². The number of methoxy groups -OCH3 is 1. The second-order valence-electron chi connectivity index (χ2n) is 4.02. The standard InChI is InChI=1S/C14H9BrF3NO2/c1-21-11-5-2-7(15)6-8(11)14(20)19-10-4-3-9(16)12(17)13(10)18/h2-6H,1H3,(H,19,20). The van der Waals surface area contributed by atoms with Crippen LogP contribution < -0.4 is 10.1 Å². The monoisotopic (exact) mass is 359 g/mol. The van der Waals surface area contributed by atoms with Crippen molar-refractivity contribution in [1.29, 1.82) is 0 Å². The maximum Gasteiger partial charge on any atom is 0.259 e. The maximum absolute atomic E-state index is 13.5. The molecular formula is C14H9BrF3NO2. The van der Waals surface area contributed by atoms with Crippen molar-refractivity contribution in [3.05, 3.63) is 57.8 Å². The number of nitrogens with one attached hydrogen (secondary N) is 1. The maximum atomic E-state index is 13.5. The number of ether oxygens (including phenoxy) is 1. The van der Waals surface area contributed by atoms with Crippen LogP contribution >= 0.6 is 15.9 Å². The first-order chi connectivity index (χ1) is 9.93. The number of carbonyl (C=O) groups is 1. The molecule has 0 radical (unpaired) electrons. The van der Waals surface area contributed by atoms with Crippen LogP contribution in [0.2, 0.25) is 0 Å². The van der Waals surface area contributed by atoms with Crippen LogP contribution in [0, 0.1) is 17.5 Å². The molecule has 2 rings (SSSR count). The van der Waals surface area contributed by atoms with Gasteiger partial charge in [0.1, 0.15) is 5.75 Å². The molecule has 0 unspecified atom stereocenters. The Hall–Kier alpha value is -2.02. The molecule has 1 amide bonds. The SMILES string of the molecule is COc1ccc(Br)cc1C(=O)Nc1ccc(F)c(F)c1F. The zero-order valence-corrected chi connectivity index (χ0v) is 12.3. The molecule has 7 heteroatoms. The van der Waals surface area contributed by atoms with E-state index < -0.39 is 29.0 Å². The molecular weight excluding hydrogens is 351 g/mol. The number of anilines is 1. The predicted octanol–water partition coefficient (Wildman–Crippen LogP) is 4.13. The summed E-state index contributed by atoms with van der Waals surface area (Å²) < 4.78 is 45.1. The Labute approximate surface area is 126 Å². The van der Waals surface area contributed by atoms with Crippen LogP contribution in [-0.2, 0) is 0 Å². The summed E-state index contributed by atoms with van der Waals surface area (Å²) in [6, 6.07) is 6.34. The van der Waals surface area contributed by atoms with Gasteiger partial charge in [0.2, 0.25) is 0 Å². The minimum absolute atomic E-state index is 0.121. The molecule has 0 bridgehead atoms. The number of benzene rings is 2. The summed E-state index contributed by atoms with van der Waals surface area (Å²) in [5.41, 5.74) is -0.336. The average molecular weight is 360 g/mol. The lowest BCUT2D eigenvalue weighted by atomic mass is 10.1. The number of hydrogen-bond donors (Lipinski definition) is 1. The first kappa shape index (κ1) is 15.4. The highest BCUT2D eigenvalue weighted by Gasteiger charge is 2.18. The largest absolute Gasteiger partial charge is 0.496 e. The van der Waals surface area contributed by atoms with Crippen LogP contribution in [-0.4, -0.2) is 13.0 Å². The first-order valence-electron chi connectivity index (χ1n) is 5.72. The molecule has 2 aromatic carbocycles. The second-order valence-corrected chi connectivity index (χ2v) is 4.94. The van der Waals surface area contributed by atoms with Gasteiger partial charge in [0.25, 0.3) is 5.91 Å². The first-order valence-corrected chi connectivity index (χ1v) is 6.51. The fraction of sp³-hybridized carbons (Fsp3) is 0.0714. The summed E-state index contributed by atoms with van der Waals surface area (Å²) in [6.07, 6.45) is 0. The average Bonchev–Trinajstić information content (AvgIpc) is 2.47. The molecule has 1 N–H and O–H groups in total. The van der Waals surface area contributed by atoms with Crippen LogP contribution in [0.25, 0.3) is 0 Å². The van der Waals surface area contributed by atoms with E-state index in [4.69, 9.17) is 4.74 Å². The van der Waals surface area contributed by atoms with Crippen LogP contribution in [0.5, 0.6) is 5.75 Å². The van der Waals surface area contributed by atoms with Gasteiger partial charge in [-0.2, -0.15) is 0 Å². The molecule has 0 fully saturated rings. The summed E-state index contributed by atoms with van der Waals surface area (Å²) >= 11 is 3.20. The highest BCUT2D eigenvalue weighted by atomic mass is 79.9. The lowest BCUT2D eigenvalue weighted by Gasteiger charge is -2.10. The Morgan fingerprint density at radius 1 is 1.14 bits per heavy atom. The van der Waals surface area contributed by atoms with E-state index in [2.05, 4.69) is 21.2 Å². The lowest BCUT2D eigenvalue weighted by molar-refractivity contribution is 0.102. The molecule has 0 aliphatic heterocycles. The highest BCUT2D eigenvalue weighted by Crippen LogP contribution is 2.25. The van der Waals surface area contributed by atoms with Gasteiger partial charge in [0.15, 0.2) is 17.5 Å². The topological polar surface area (TPSA) is 38.3 Å². The van der Waals surface area contributed by atoms with Crippen molar-refractivity contribution in [3.63, 3.8) is 0 Å². The van der Waals surface area contributed by atoms with E-state index in [0.717, 1.165) is 12.1 Å². The van der Waals surface area contributed by atoms with E-state index in [1.807, 2.05) is 0 Å². The third kappa shape index (κ3) is 3.18. The Balaban J connectivity index is 2.35. The van der Waals surface area contributed by atoms with Crippen LogP contribution in [0.15, 0.2) is 34.8 Å². The quantitative estimate of drug-likeness (QED) is 0.836. The molecule has 3 nitrogen and oxygen atoms in total. The number of amides is 1. The van der Waals surface area contributed by atoms with Gasteiger partial charge >= 0.3 is 0 Å². The summed E-state index contributed by atoms with van der Waals surface area (Å²) in [5.74, 6) is -4.88. The van der Waals surface area contributed by atoms with Gasteiger partial charge in [0, 0.05) is 4.47 Å². The predicted molar refractivity (Wildman–Crippen MR) is 75.0 cm³/mol. The molecule has 0 saturated carbocycles. The molecule has 21 heavy (non-hydrogen) atoms. The number of rotatable bonds is 3. The van der Waals surface area contributed by atoms with E-state index in [1.54, 1.807) is 12.1 Å². The van der Waals surface area contributed by atoms with Crippen molar-refractivity contribution in [2.24, 2.45) is 0 Å². The normalized spacial score (nSPS) is 10.3. The third-order valence-electron chi connectivity index (χ3n) is 2.69. The second kappa shape index (κ2) is 6.17. The Morgan fingerprint density at radius 3 is 2.52 bits per heavy atom. The molecule has 110 valence electrons. The summed E-state index contributed by atoms with van der Waals surface area (Å²) in [5, 5.41) is 2.18. The molecule has 0 atom stereocenters. The van der Waals surface area contributed by atoms with Crippen molar-refractivity contribution < 1.29 is 22.7 Å². The number of halogens is 4. The lowest BCUT2D eigenvalue weighted by Crippen LogP contribution is -2.15.